The van der Waals surface area contributed by atoms with Gasteiger partial charge in [-0.2, -0.15) is 0 Å². The number of hydrogen-bond acceptors (Lipinski definition) is 4. The zero-order valence-corrected chi connectivity index (χ0v) is 13.4. The van der Waals surface area contributed by atoms with E-state index in [1.165, 1.54) is 45.3 Å². The third-order valence-electron chi connectivity index (χ3n) is 5.59. The summed E-state index contributed by atoms with van der Waals surface area (Å²) in [7, 11) is 2.23. The van der Waals surface area contributed by atoms with Gasteiger partial charge in [0.2, 0.25) is 0 Å². The number of aliphatic hydroxyl groups is 1. The topological polar surface area (TPSA) is 52.7 Å². The molecule has 0 radical (unpaired) electrons. The Hall–Kier alpha value is -0.160. The second kappa shape index (κ2) is 7.21. The van der Waals surface area contributed by atoms with Gasteiger partial charge in [0.15, 0.2) is 0 Å². The largest absolute Gasteiger partial charge is 0.394 e. The maximum atomic E-state index is 9.51. The van der Waals surface area contributed by atoms with E-state index >= 15 is 0 Å². The number of nitrogens with two attached hydrogens (primary N) is 1. The predicted molar refractivity (Wildman–Crippen MR) is 83.7 cm³/mol. The van der Waals surface area contributed by atoms with Crippen LogP contribution in [0.2, 0.25) is 0 Å². The summed E-state index contributed by atoms with van der Waals surface area (Å²) in [6, 6.07) is 0.744. The Morgan fingerprint density at radius 3 is 2.85 bits per heavy atom. The molecule has 1 saturated heterocycles. The van der Waals surface area contributed by atoms with Gasteiger partial charge in [0.05, 0.1) is 6.61 Å². The van der Waals surface area contributed by atoms with Crippen LogP contribution in [0.4, 0.5) is 0 Å². The van der Waals surface area contributed by atoms with Gasteiger partial charge < -0.3 is 15.7 Å². The van der Waals surface area contributed by atoms with Crippen LogP contribution in [0.3, 0.4) is 0 Å². The first-order valence-electron chi connectivity index (χ1n) is 8.41. The Kier molecular flexibility index (Phi) is 5.84. The summed E-state index contributed by atoms with van der Waals surface area (Å²) in [5.74, 6) is 0.501. The molecule has 1 saturated carbocycles. The van der Waals surface area contributed by atoms with E-state index in [0.717, 1.165) is 25.4 Å². The minimum atomic E-state index is -0.302. The quantitative estimate of drug-likeness (QED) is 0.739. The lowest BCUT2D eigenvalue weighted by Gasteiger charge is -2.32. The molecule has 0 bridgehead atoms. The summed E-state index contributed by atoms with van der Waals surface area (Å²) in [5.41, 5.74) is 6.02. The highest BCUT2D eigenvalue weighted by Gasteiger charge is 2.38. The fraction of sp³-hybridized carbons (Fsp3) is 1.00. The highest BCUT2D eigenvalue weighted by Crippen LogP contribution is 2.35. The molecular formula is C16H33N3O. The van der Waals surface area contributed by atoms with Crippen molar-refractivity contribution in [3.8, 4) is 0 Å². The van der Waals surface area contributed by atoms with Gasteiger partial charge in [-0.05, 0) is 64.7 Å². The number of likely N-dealkylation sites (tertiary alicyclic amines) is 1. The van der Waals surface area contributed by atoms with Crippen LogP contribution in [0.15, 0.2) is 0 Å². The molecule has 4 nitrogen and oxygen atoms in total. The van der Waals surface area contributed by atoms with E-state index in [2.05, 4.69) is 23.8 Å². The second-order valence-corrected chi connectivity index (χ2v) is 6.96. The molecule has 2 rings (SSSR count). The Balaban J connectivity index is 1.73. The van der Waals surface area contributed by atoms with Gasteiger partial charge in [0.25, 0.3) is 0 Å². The molecule has 1 heterocycles. The van der Waals surface area contributed by atoms with Crippen molar-refractivity contribution >= 4 is 0 Å². The van der Waals surface area contributed by atoms with E-state index in [-0.39, 0.29) is 12.1 Å². The van der Waals surface area contributed by atoms with Crippen LogP contribution < -0.4 is 5.73 Å². The summed E-state index contributed by atoms with van der Waals surface area (Å²) in [6.07, 6.45) is 7.19. The number of likely N-dealkylation sites (N-methyl/N-ethyl adjacent to an activating group) is 2. The van der Waals surface area contributed by atoms with Crippen LogP contribution in [0.25, 0.3) is 0 Å². The lowest BCUT2D eigenvalue weighted by atomic mass is 9.86. The molecule has 0 aromatic rings. The lowest BCUT2D eigenvalue weighted by molar-refractivity contribution is 0.140. The third kappa shape index (κ3) is 3.73. The lowest BCUT2D eigenvalue weighted by Crippen LogP contribution is -2.48. The Morgan fingerprint density at radius 2 is 2.15 bits per heavy atom. The van der Waals surface area contributed by atoms with E-state index < -0.39 is 0 Å². The van der Waals surface area contributed by atoms with Crippen molar-refractivity contribution < 1.29 is 5.11 Å². The van der Waals surface area contributed by atoms with Crippen molar-refractivity contribution in [2.24, 2.45) is 11.7 Å². The van der Waals surface area contributed by atoms with Crippen LogP contribution in [0.5, 0.6) is 0 Å². The monoisotopic (exact) mass is 283 g/mol. The summed E-state index contributed by atoms with van der Waals surface area (Å²) in [4.78, 5) is 5.07. The van der Waals surface area contributed by atoms with E-state index in [4.69, 9.17) is 5.73 Å². The molecule has 20 heavy (non-hydrogen) atoms. The van der Waals surface area contributed by atoms with Crippen molar-refractivity contribution in [3.63, 3.8) is 0 Å². The molecule has 2 fully saturated rings. The number of hydrogen-bond donors (Lipinski definition) is 2. The van der Waals surface area contributed by atoms with Crippen molar-refractivity contribution in [3.05, 3.63) is 0 Å². The van der Waals surface area contributed by atoms with Gasteiger partial charge in [0, 0.05) is 18.1 Å². The average Bonchev–Trinajstić information content (AvgIpc) is 3.03. The molecule has 118 valence electrons. The van der Waals surface area contributed by atoms with E-state index in [1.54, 1.807) is 0 Å². The highest BCUT2D eigenvalue weighted by molar-refractivity contribution is 4.96. The van der Waals surface area contributed by atoms with Gasteiger partial charge in [-0.1, -0.05) is 13.3 Å². The number of nitrogens with zero attached hydrogens (tertiary/aromatic N) is 2. The Morgan fingerprint density at radius 1 is 1.35 bits per heavy atom. The molecule has 2 aliphatic rings. The number of rotatable bonds is 7. The molecule has 1 aliphatic heterocycles. The Labute approximate surface area is 124 Å². The molecular weight excluding hydrogens is 250 g/mol. The third-order valence-corrected chi connectivity index (χ3v) is 5.59. The molecule has 0 aromatic carbocycles. The summed E-state index contributed by atoms with van der Waals surface area (Å²) >= 11 is 0. The van der Waals surface area contributed by atoms with E-state index in [0.29, 0.717) is 5.92 Å². The molecule has 0 amide bonds. The van der Waals surface area contributed by atoms with Gasteiger partial charge in [0.1, 0.15) is 0 Å². The minimum Gasteiger partial charge on any atom is -0.394 e. The minimum absolute atomic E-state index is 0.146. The zero-order valence-electron chi connectivity index (χ0n) is 13.4. The fourth-order valence-corrected chi connectivity index (χ4v) is 4.15. The molecule has 4 heteroatoms. The second-order valence-electron chi connectivity index (χ2n) is 6.96. The van der Waals surface area contributed by atoms with Gasteiger partial charge in [-0.25, -0.2) is 0 Å². The van der Waals surface area contributed by atoms with Gasteiger partial charge in [-0.3, -0.25) is 4.90 Å². The van der Waals surface area contributed by atoms with Crippen LogP contribution in [0, 0.1) is 5.92 Å². The normalized spacial score (nSPS) is 35.2. The average molecular weight is 283 g/mol. The number of aliphatic hydroxyl groups excluding tert-OH is 1. The van der Waals surface area contributed by atoms with Crippen molar-refractivity contribution in [2.75, 3.05) is 39.8 Å². The summed E-state index contributed by atoms with van der Waals surface area (Å²) in [6.45, 7) is 7.15. The molecule has 1 aliphatic carbocycles. The summed E-state index contributed by atoms with van der Waals surface area (Å²) < 4.78 is 0. The van der Waals surface area contributed by atoms with E-state index in [1.807, 2.05) is 0 Å². The van der Waals surface area contributed by atoms with Crippen LogP contribution in [-0.2, 0) is 0 Å². The molecule has 0 aromatic heterocycles. The molecule has 3 unspecified atom stereocenters. The van der Waals surface area contributed by atoms with Crippen molar-refractivity contribution in [2.45, 2.75) is 57.0 Å². The first-order chi connectivity index (χ1) is 9.59. The van der Waals surface area contributed by atoms with Crippen molar-refractivity contribution in [1.29, 1.82) is 0 Å². The molecule has 3 N–H and O–H groups in total. The summed E-state index contributed by atoms with van der Waals surface area (Å²) in [5, 5.41) is 9.51. The standard InChI is InChI=1S/C16H33N3O/c1-3-19-10-5-7-15(19)12-18(2)11-8-14-6-4-9-16(14,17)13-20/h14-15,20H,3-13,17H2,1-2H3. The van der Waals surface area contributed by atoms with E-state index in [9.17, 15) is 5.11 Å². The zero-order chi connectivity index (χ0) is 14.6. The van der Waals surface area contributed by atoms with Crippen molar-refractivity contribution in [1.82, 2.24) is 9.80 Å². The molecule has 3 atom stereocenters. The predicted octanol–water partition coefficient (Wildman–Crippen LogP) is 1.28. The fourth-order valence-electron chi connectivity index (χ4n) is 4.15. The smallest absolute Gasteiger partial charge is 0.0613 e. The first-order valence-corrected chi connectivity index (χ1v) is 8.41. The van der Waals surface area contributed by atoms with Crippen LogP contribution in [0.1, 0.15) is 45.4 Å². The Bertz CT molecular complexity index is 299. The van der Waals surface area contributed by atoms with Gasteiger partial charge >= 0.3 is 0 Å². The maximum absolute atomic E-state index is 9.51. The SMILES string of the molecule is CCN1CCCC1CN(C)CCC1CCCC1(N)CO. The maximum Gasteiger partial charge on any atom is 0.0613 e. The van der Waals surface area contributed by atoms with Crippen LogP contribution >= 0.6 is 0 Å². The first kappa shape index (κ1) is 16.2. The highest BCUT2D eigenvalue weighted by atomic mass is 16.3. The van der Waals surface area contributed by atoms with Gasteiger partial charge in [-0.15, -0.1) is 0 Å². The molecule has 0 spiro atoms. The van der Waals surface area contributed by atoms with Crippen LogP contribution in [-0.4, -0.2) is 66.3 Å².